The predicted octanol–water partition coefficient (Wildman–Crippen LogP) is 1.18. The highest BCUT2D eigenvalue weighted by Crippen LogP contribution is 2.28. The van der Waals surface area contributed by atoms with Gasteiger partial charge in [0.2, 0.25) is 17.7 Å². The zero-order valence-electron chi connectivity index (χ0n) is 17.0. The lowest BCUT2D eigenvalue weighted by Crippen LogP contribution is -2.48. The van der Waals surface area contributed by atoms with Crippen LogP contribution in [-0.2, 0) is 14.4 Å². The lowest BCUT2D eigenvalue weighted by molar-refractivity contribution is -0.134. The van der Waals surface area contributed by atoms with Gasteiger partial charge in [-0.15, -0.1) is 0 Å². The molecule has 3 fully saturated rings. The molecule has 2 unspecified atom stereocenters. The highest BCUT2D eigenvalue weighted by molar-refractivity contribution is 5.85. The van der Waals surface area contributed by atoms with E-state index < -0.39 is 0 Å². The van der Waals surface area contributed by atoms with Gasteiger partial charge in [0.05, 0.1) is 12.6 Å². The summed E-state index contributed by atoms with van der Waals surface area (Å²) in [5, 5.41) is 9.05. The molecule has 0 radical (unpaired) electrons. The third-order valence-corrected chi connectivity index (χ3v) is 6.50. The Hall–Kier alpha value is -1.63. The van der Waals surface area contributed by atoms with Gasteiger partial charge in [0.1, 0.15) is 0 Å². The van der Waals surface area contributed by atoms with Crippen molar-refractivity contribution in [2.24, 2.45) is 11.8 Å². The summed E-state index contributed by atoms with van der Waals surface area (Å²) in [5.74, 6) is 1.04. The molecule has 0 bridgehead atoms. The number of carbonyl (C=O) groups is 3. The molecule has 2 saturated heterocycles. The van der Waals surface area contributed by atoms with E-state index in [2.05, 4.69) is 16.0 Å². The molecule has 2 heterocycles. The summed E-state index contributed by atoms with van der Waals surface area (Å²) in [5.41, 5.74) is 0. The van der Waals surface area contributed by atoms with E-state index in [0.29, 0.717) is 31.3 Å². The van der Waals surface area contributed by atoms with Gasteiger partial charge in [0.25, 0.3) is 0 Å². The van der Waals surface area contributed by atoms with Crippen molar-refractivity contribution in [2.45, 2.75) is 70.3 Å². The number of hydrogen-bond acceptors (Lipinski definition) is 4. The van der Waals surface area contributed by atoms with E-state index in [9.17, 15) is 14.4 Å². The standard InChI is InChI=1S/C21H36N4O3/c26-19(10-9-16-5-1-2-6-16)23-14-20(27)25-12-4-7-17(15-25)13-24-21(28)18-8-3-11-22-18/h16-18,22H,1-15H2,(H,23,26)(H,24,28). The molecule has 7 heteroatoms. The summed E-state index contributed by atoms with van der Waals surface area (Å²) in [6, 6.07) is -0.0548. The third-order valence-electron chi connectivity index (χ3n) is 6.50. The Morgan fingerprint density at radius 3 is 2.46 bits per heavy atom. The second kappa shape index (κ2) is 10.8. The van der Waals surface area contributed by atoms with Crippen LogP contribution in [0, 0.1) is 11.8 Å². The Morgan fingerprint density at radius 1 is 0.929 bits per heavy atom. The van der Waals surface area contributed by atoms with E-state index in [0.717, 1.165) is 45.2 Å². The first-order valence-electron chi connectivity index (χ1n) is 11.2. The van der Waals surface area contributed by atoms with E-state index in [1.54, 1.807) is 0 Å². The molecule has 158 valence electrons. The number of nitrogens with one attached hydrogen (secondary N) is 3. The first kappa shape index (κ1) is 21.1. The average molecular weight is 393 g/mol. The molecule has 1 saturated carbocycles. The van der Waals surface area contributed by atoms with Crippen molar-refractivity contribution in [3.8, 4) is 0 Å². The maximum atomic E-state index is 12.5. The largest absolute Gasteiger partial charge is 0.354 e. The molecule has 0 aromatic heterocycles. The van der Waals surface area contributed by atoms with Crippen molar-refractivity contribution in [2.75, 3.05) is 32.7 Å². The molecule has 3 N–H and O–H groups in total. The fourth-order valence-corrected chi connectivity index (χ4v) is 4.74. The van der Waals surface area contributed by atoms with Gasteiger partial charge < -0.3 is 20.9 Å². The summed E-state index contributed by atoms with van der Waals surface area (Å²) in [7, 11) is 0. The Bertz CT molecular complexity index is 542. The number of rotatable bonds is 8. The Morgan fingerprint density at radius 2 is 1.71 bits per heavy atom. The lowest BCUT2D eigenvalue weighted by Gasteiger charge is -2.33. The van der Waals surface area contributed by atoms with Crippen LogP contribution < -0.4 is 16.0 Å². The molecule has 3 aliphatic rings. The number of nitrogens with zero attached hydrogens (tertiary/aromatic N) is 1. The second-order valence-electron chi connectivity index (χ2n) is 8.71. The first-order valence-corrected chi connectivity index (χ1v) is 11.2. The summed E-state index contributed by atoms with van der Waals surface area (Å²) in [6.07, 6.45) is 10.5. The molecule has 28 heavy (non-hydrogen) atoms. The summed E-state index contributed by atoms with van der Waals surface area (Å²) < 4.78 is 0. The first-order chi connectivity index (χ1) is 13.6. The van der Waals surface area contributed by atoms with Crippen LogP contribution in [0.5, 0.6) is 0 Å². The van der Waals surface area contributed by atoms with Crippen molar-refractivity contribution >= 4 is 17.7 Å². The second-order valence-corrected chi connectivity index (χ2v) is 8.71. The van der Waals surface area contributed by atoms with E-state index in [4.69, 9.17) is 0 Å². The summed E-state index contributed by atoms with van der Waals surface area (Å²) in [4.78, 5) is 38.5. The molecule has 1 aliphatic carbocycles. The van der Waals surface area contributed by atoms with Crippen molar-refractivity contribution in [3.05, 3.63) is 0 Å². The van der Waals surface area contributed by atoms with Crippen molar-refractivity contribution in [1.82, 2.24) is 20.9 Å². The van der Waals surface area contributed by atoms with Gasteiger partial charge in [-0.3, -0.25) is 14.4 Å². The Kier molecular flexibility index (Phi) is 8.13. The van der Waals surface area contributed by atoms with Crippen molar-refractivity contribution < 1.29 is 14.4 Å². The van der Waals surface area contributed by atoms with Gasteiger partial charge in [-0.2, -0.15) is 0 Å². The minimum Gasteiger partial charge on any atom is -0.354 e. The normalized spacial score (nSPS) is 25.6. The van der Waals surface area contributed by atoms with E-state index in [1.165, 1.54) is 25.7 Å². The van der Waals surface area contributed by atoms with E-state index in [-0.39, 0.29) is 30.3 Å². The maximum absolute atomic E-state index is 12.5. The number of amides is 3. The molecule has 0 aromatic rings. The number of piperidine rings is 1. The molecule has 3 rings (SSSR count). The van der Waals surface area contributed by atoms with Crippen LogP contribution in [0.1, 0.15) is 64.2 Å². The van der Waals surface area contributed by atoms with E-state index >= 15 is 0 Å². The number of carbonyl (C=O) groups excluding carboxylic acids is 3. The third kappa shape index (κ3) is 6.47. The zero-order chi connectivity index (χ0) is 19.8. The van der Waals surface area contributed by atoms with Crippen LogP contribution in [0.15, 0.2) is 0 Å². The minimum absolute atomic E-state index is 0.00913. The summed E-state index contributed by atoms with van der Waals surface area (Å²) >= 11 is 0. The van der Waals surface area contributed by atoms with Crippen LogP contribution >= 0.6 is 0 Å². The number of hydrogen-bond donors (Lipinski definition) is 3. The Labute approximate surface area is 168 Å². The van der Waals surface area contributed by atoms with Gasteiger partial charge in [0, 0.05) is 26.1 Å². The smallest absolute Gasteiger partial charge is 0.241 e. The SMILES string of the molecule is O=C(CCC1CCCC1)NCC(=O)N1CCCC(CNC(=O)C2CCCN2)C1. The molecular formula is C21H36N4O3. The highest BCUT2D eigenvalue weighted by atomic mass is 16.2. The number of likely N-dealkylation sites (tertiary alicyclic amines) is 1. The van der Waals surface area contributed by atoms with Crippen LogP contribution in [-0.4, -0.2) is 61.4 Å². The average Bonchev–Trinajstić information content (AvgIpc) is 3.43. The van der Waals surface area contributed by atoms with Crippen LogP contribution in [0.25, 0.3) is 0 Å². The van der Waals surface area contributed by atoms with Crippen molar-refractivity contribution in [3.63, 3.8) is 0 Å². The Balaban J connectivity index is 1.31. The van der Waals surface area contributed by atoms with Gasteiger partial charge >= 0.3 is 0 Å². The van der Waals surface area contributed by atoms with Crippen molar-refractivity contribution in [1.29, 1.82) is 0 Å². The maximum Gasteiger partial charge on any atom is 0.241 e. The van der Waals surface area contributed by atoms with E-state index in [1.807, 2.05) is 4.90 Å². The van der Waals surface area contributed by atoms with Gasteiger partial charge in [-0.05, 0) is 50.5 Å². The zero-order valence-corrected chi connectivity index (χ0v) is 17.0. The molecule has 3 amide bonds. The topological polar surface area (TPSA) is 90.5 Å². The lowest BCUT2D eigenvalue weighted by atomic mass is 9.97. The predicted molar refractivity (Wildman–Crippen MR) is 108 cm³/mol. The van der Waals surface area contributed by atoms with Crippen LogP contribution in [0.4, 0.5) is 0 Å². The molecule has 2 aliphatic heterocycles. The summed E-state index contributed by atoms with van der Waals surface area (Å²) in [6.45, 7) is 3.03. The fourth-order valence-electron chi connectivity index (χ4n) is 4.74. The minimum atomic E-state index is -0.0548. The molecular weight excluding hydrogens is 356 g/mol. The monoisotopic (exact) mass is 392 g/mol. The van der Waals surface area contributed by atoms with Gasteiger partial charge in [0.15, 0.2) is 0 Å². The molecule has 0 spiro atoms. The fraction of sp³-hybridized carbons (Fsp3) is 0.857. The molecule has 2 atom stereocenters. The van der Waals surface area contributed by atoms with Crippen LogP contribution in [0.3, 0.4) is 0 Å². The molecule has 7 nitrogen and oxygen atoms in total. The van der Waals surface area contributed by atoms with Gasteiger partial charge in [-0.1, -0.05) is 25.7 Å². The molecule has 0 aromatic carbocycles. The quantitative estimate of drug-likeness (QED) is 0.579. The van der Waals surface area contributed by atoms with Crippen LogP contribution in [0.2, 0.25) is 0 Å². The van der Waals surface area contributed by atoms with Gasteiger partial charge in [-0.25, -0.2) is 0 Å². The highest BCUT2D eigenvalue weighted by Gasteiger charge is 2.26.